The molecule has 2 heteroatoms. The SMILES string of the molecule is Cc1cc2nc(-c3cccc4ccccc34)oc2cc1C. The van der Waals surface area contributed by atoms with Crippen molar-refractivity contribution < 1.29 is 4.42 Å². The molecule has 0 bridgehead atoms. The Balaban J connectivity index is 2.00. The van der Waals surface area contributed by atoms with E-state index in [9.17, 15) is 0 Å². The molecule has 0 aliphatic rings. The average molecular weight is 273 g/mol. The number of aryl methyl sites for hydroxylation is 2. The molecule has 0 fully saturated rings. The summed E-state index contributed by atoms with van der Waals surface area (Å²) in [6, 6.07) is 18.7. The van der Waals surface area contributed by atoms with Crippen molar-refractivity contribution in [1.29, 1.82) is 0 Å². The summed E-state index contributed by atoms with van der Waals surface area (Å²) in [6.45, 7) is 4.19. The zero-order valence-corrected chi connectivity index (χ0v) is 12.1. The van der Waals surface area contributed by atoms with Crippen molar-refractivity contribution in [2.75, 3.05) is 0 Å². The first kappa shape index (κ1) is 12.2. The maximum atomic E-state index is 5.99. The van der Waals surface area contributed by atoms with Crippen molar-refractivity contribution in [3.05, 3.63) is 65.7 Å². The molecule has 0 atom stereocenters. The highest BCUT2D eigenvalue weighted by molar-refractivity contribution is 5.95. The third-order valence-electron chi connectivity index (χ3n) is 4.02. The fraction of sp³-hybridized carbons (Fsp3) is 0.105. The lowest BCUT2D eigenvalue weighted by atomic mass is 10.0. The van der Waals surface area contributed by atoms with Gasteiger partial charge >= 0.3 is 0 Å². The largest absolute Gasteiger partial charge is 0.436 e. The highest BCUT2D eigenvalue weighted by atomic mass is 16.3. The van der Waals surface area contributed by atoms with Crippen LogP contribution in [-0.4, -0.2) is 4.98 Å². The summed E-state index contributed by atoms with van der Waals surface area (Å²) in [5, 5.41) is 2.37. The molecular weight excluding hydrogens is 258 g/mol. The molecule has 4 aromatic rings. The smallest absolute Gasteiger partial charge is 0.227 e. The van der Waals surface area contributed by atoms with Gasteiger partial charge in [0.1, 0.15) is 5.52 Å². The molecule has 0 aliphatic carbocycles. The van der Waals surface area contributed by atoms with E-state index in [-0.39, 0.29) is 0 Å². The Morgan fingerprint density at radius 2 is 1.62 bits per heavy atom. The van der Waals surface area contributed by atoms with Crippen molar-refractivity contribution in [3.63, 3.8) is 0 Å². The minimum absolute atomic E-state index is 0.687. The fourth-order valence-electron chi connectivity index (χ4n) is 2.71. The summed E-state index contributed by atoms with van der Waals surface area (Å²) in [5.41, 5.74) is 5.27. The Morgan fingerprint density at radius 1 is 0.857 bits per heavy atom. The van der Waals surface area contributed by atoms with Crippen molar-refractivity contribution in [2.24, 2.45) is 0 Å². The first-order valence-electron chi connectivity index (χ1n) is 7.08. The molecule has 0 saturated carbocycles. The van der Waals surface area contributed by atoms with Crippen molar-refractivity contribution >= 4 is 21.9 Å². The maximum Gasteiger partial charge on any atom is 0.227 e. The van der Waals surface area contributed by atoms with Crippen LogP contribution in [0.1, 0.15) is 11.1 Å². The van der Waals surface area contributed by atoms with Crippen LogP contribution in [0.4, 0.5) is 0 Å². The zero-order valence-electron chi connectivity index (χ0n) is 12.1. The van der Waals surface area contributed by atoms with E-state index in [4.69, 9.17) is 4.42 Å². The second-order valence-electron chi connectivity index (χ2n) is 5.45. The molecule has 0 radical (unpaired) electrons. The van der Waals surface area contributed by atoms with Crippen LogP contribution in [0.25, 0.3) is 33.3 Å². The van der Waals surface area contributed by atoms with Crippen molar-refractivity contribution in [1.82, 2.24) is 4.98 Å². The monoisotopic (exact) mass is 273 g/mol. The second kappa shape index (κ2) is 4.45. The number of fused-ring (bicyclic) bond motifs is 2. The van der Waals surface area contributed by atoms with Crippen LogP contribution in [0.3, 0.4) is 0 Å². The molecule has 0 amide bonds. The van der Waals surface area contributed by atoms with Crippen LogP contribution in [-0.2, 0) is 0 Å². The van der Waals surface area contributed by atoms with E-state index >= 15 is 0 Å². The van der Waals surface area contributed by atoms with Crippen LogP contribution in [0, 0.1) is 13.8 Å². The van der Waals surface area contributed by atoms with Crippen LogP contribution >= 0.6 is 0 Å². The van der Waals surface area contributed by atoms with E-state index in [0.717, 1.165) is 16.7 Å². The number of nitrogens with zero attached hydrogens (tertiary/aromatic N) is 1. The zero-order chi connectivity index (χ0) is 14.4. The van der Waals surface area contributed by atoms with Gasteiger partial charge in [0.05, 0.1) is 0 Å². The molecule has 0 unspecified atom stereocenters. The van der Waals surface area contributed by atoms with Crippen LogP contribution in [0.15, 0.2) is 59.0 Å². The van der Waals surface area contributed by atoms with Gasteiger partial charge in [-0.15, -0.1) is 0 Å². The van der Waals surface area contributed by atoms with E-state index in [2.05, 4.69) is 55.2 Å². The van der Waals surface area contributed by atoms with Gasteiger partial charge in [-0.25, -0.2) is 4.98 Å². The van der Waals surface area contributed by atoms with Gasteiger partial charge in [-0.05, 0) is 53.9 Å². The summed E-state index contributed by atoms with van der Waals surface area (Å²) in [7, 11) is 0. The summed E-state index contributed by atoms with van der Waals surface area (Å²) in [6.07, 6.45) is 0. The number of rotatable bonds is 1. The molecule has 0 aliphatic heterocycles. The molecule has 2 nitrogen and oxygen atoms in total. The number of aromatic nitrogens is 1. The third kappa shape index (κ3) is 1.91. The fourth-order valence-corrected chi connectivity index (χ4v) is 2.71. The lowest BCUT2D eigenvalue weighted by Gasteiger charge is -2.01. The van der Waals surface area contributed by atoms with Crippen LogP contribution in [0.2, 0.25) is 0 Å². The molecule has 4 rings (SSSR count). The molecular formula is C19H15NO. The minimum atomic E-state index is 0.687. The summed E-state index contributed by atoms with van der Waals surface area (Å²) >= 11 is 0. The normalized spacial score (nSPS) is 11.3. The maximum absolute atomic E-state index is 5.99. The third-order valence-corrected chi connectivity index (χ3v) is 4.02. The van der Waals surface area contributed by atoms with Gasteiger partial charge in [-0.1, -0.05) is 36.4 Å². The topological polar surface area (TPSA) is 26.0 Å². The van der Waals surface area contributed by atoms with Gasteiger partial charge in [0, 0.05) is 5.56 Å². The van der Waals surface area contributed by atoms with Crippen molar-refractivity contribution in [3.8, 4) is 11.5 Å². The first-order chi connectivity index (χ1) is 10.2. The van der Waals surface area contributed by atoms with Crippen molar-refractivity contribution in [2.45, 2.75) is 13.8 Å². The lowest BCUT2D eigenvalue weighted by molar-refractivity contribution is 0.620. The molecule has 0 N–H and O–H groups in total. The van der Waals surface area contributed by atoms with E-state index in [1.54, 1.807) is 0 Å². The van der Waals surface area contributed by atoms with E-state index in [0.29, 0.717) is 5.89 Å². The molecule has 3 aromatic carbocycles. The molecule has 1 aromatic heterocycles. The summed E-state index contributed by atoms with van der Waals surface area (Å²) in [5.74, 6) is 0.687. The van der Waals surface area contributed by atoms with Gasteiger partial charge in [0.15, 0.2) is 5.58 Å². The van der Waals surface area contributed by atoms with E-state index < -0.39 is 0 Å². The van der Waals surface area contributed by atoms with Crippen LogP contribution < -0.4 is 0 Å². The number of oxazole rings is 1. The van der Waals surface area contributed by atoms with Gasteiger partial charge in [-0.2, -0.15) is 0 Å². The molecule has 102 valence electrons. The quantitative estimate of drug-likeness (QED) is 0.472. The van der Waals surface area contributed by atoms with Gasteiger partial charge in [0.25, 0.3) is 0 Å². The Morgan fingerprint density at radius 3 is 2.52 bits per heavy atom. The Bertz CT molecular complexity index is 922. The molecule has 1 heterocycles. The lowest BCUT2D eigenvalue weighted by Crippen LogP contribution is -1.81. The molecule has 21 heavy (non-hydrogen) atoms. The average Bonchev–Trinajstić information content (AvgIpc) is 2.90. The second-order valence-corrected chi connectivity index (χ2v) is 5.45. The Kier molecular flexibility index (Phi) is 2.58. The standard InChI is InChI=1S/C19H15NO/c1-12-10-17-18(11-13(12)2)21-19(20-17)16-9-5-7-14-6-3-4-8-15(14)16/h3-11H,1-2H3. The van der Waals surface area contributed by atoms with E-state index in [1.165, 1.54) is 21.9 Å². The van der Waals surface area contributed by atoms with E-state index in [1.807, 2.05) is 18.2 Å². The number of benzene rings is 3. The predicted molar refractivity (Wildman–Crippen MR) is 86.4 cm³/mol. The summed E-state index contributed by atoms with van der Waals surface area (Å²) in [4.78, 5) is 4.67. The minimum Gasteiger partial charge on any atom is -0.436 e. The Labute approximate surface area is 123 Å². The van der Waals surface area contributed by atoms with Gasteiger partial charge < -0.3 is 4.42 Å². The summed E-state index contributed by atoms with van der Waals surface area (Å²) < 4.78 is 5.99. The van der Waals surface area contributed by atoms with Gasteiger partial charge in [0.2, 0.25) is 5.89 Å². The number of hydrogen-bond donors (Lipinski definition) is 0. The molecule has 0 spiro atoms. The molecule has 0 saturated heterocycles. The van der Waals surface area contributed by atoms with Crippen LogP contribution in [0.5, 0.6) is 0 Å². The Hall–Kier alpha value is -2.61. The number of hydrogen-bond acceptors (Lipinski definition) is 2. The first-order valence-corrected chi connectivity index (χ1v) is 7.08. The highest BCUT2D eigenvalue weighted by Gasteiger charge is 2.11. The predicted octanol–water partition coefficient (Wildman–Crippen LogP) is 5.26. The highest BCUT2D eigenvalue weighted by Crippen LogP contribution is 2.31. The van der Waals surface area contributed by atoms with Gasteiger partial charge in [-0.3, -0.25) is 0 Å².